The van der Waals surface area contributed by atoms with Gasteiger partial charge in [-0.2, -0.15) is 5.10 Å². The van der Waals surface area contributed by atoms with Crippen LogP contribution in [0.4, 0.5) is 0 Å². The highest BCUT2D eigenvalue weighted by molar-refractivity contribution is 7.71. The van der Waals surface area contributed by atoms with Crippen molar-refractivity contribution in [2.75, 3.05) is 6.54 Å². The molecule has 0 amide bonds. The van der Waals surface area contributed by atoms with Gasteiger partial charge >= 0.3 is 0 Å². The Morgan fingerprint density at radius 3 is 2.88 bits per heavy atom. The Balaban J connectivity index is 1.88. The number of nitrogens with zero attached hydrogens (tertiary/aromatic N) is 4. The highest BCUT2D eigenvalue weighted by atomic mass is 32.1. The summed E-state index contributed by atoms with van der Waals surface area (Å²) in [6, 6.07) is 9.11. The normalized spacial score (nSPS) is 16.3. The second kappa shape index (κ2) is 7.28. The number of rotatable bonds is 7. The minimum atomic E-state index is 0.394. The highest BCUT2D eigenvalue weighted by Crippen LogP contribution is 2.35. The van der Waals surface area contributed by atoms with E-state index in [1.807, 2.05) is 28.3 Å². The average molecular weight is 340 g/mol. The fourth-order valence-corrected chi connectivity index (χ4v) is 3.82. The van der Waals surface area contributed by atoms with Gasteiger partial charge in [0, 0.05) is 19.1 Å². The van der Waals surface area contributed by atoms with Gasteiger partial charge in [0.25, 0.3) is 0 Å². The molecule has 0 spiro atoms. The van der Waals surface area contributed by atoms with Crippen molar-refractivity contribution >= 4 is 12.2 Å². The smallest absolute Gasteiger partial charge is 0.199 e. The molecule has 0 aliphatic heterocycles. The first-order valence-electron chi connectivity index (χ1n) is 8.33. The molecule has 1 aliphatic carbocycles. The van der Waals surface area contributed by atoms with E-state index in [2.05, 4.69) is 47.4 Å². The number of hydrogen-bond acceptors (Lipinski definition) is 3. The van der Waals surface area contributed by atoms with E-state index in [0.717, 1.165) is 30.0 Å². The van der Waals surface area contributed by atoms with Crippen LogP contribution in [0.3, 0.4) is 0 Å². The van der Waals surface area contributed by atoms with E-state index in [1.54, 1.807) is 0 Å². The Morgan fingerprint density at radius 1 is 1.33 bits per heavy atom. The van der Waals surface area contributed by atoms with Crippen molar-refractivity contribution in [3.05, 3.63) is 71.3 Å². The Labute approximate surface area is 148 Å². The maximum absolute atomic E-state index is 5.60. The summed E-state index contributed by atoms with van der Waals surface area (Å²) in [5.41, 5.74) is 2.88. The summed E-state index contributed by atoms with van der Waals surface area (Å²) in [6.45, 7) is 11.9. The topological polar surface area (TPSA) is 26.0 Å². The lowest BCUT2D eigenvalue weighted by Gasteiger charge is -2.28. The minimum absolute atomic E-state index is 0.394. The summed E-state index contributed by atoms with van der Waals surface area (Å²) in [6.07, 6.45) is 6.07. The Bertz CT molecular complexity index is 802. The maximum Gasteiger partial charge on any atom is 0.199 e. The molecule has 1 aromatic carbocycles. The molecule has 24 heavy (non-hydrogen) atoms. The molecular weight excluding hydrogens is 316 g/mol. The van der Waals surface area contributed by atoms with Crippen molar-refractivity contribution in [3.63, 3.8) is 0 Å². The fourth-order valence-electron chi connectivity index (χ4n) is 3.52. The largest absolute Gasteiger partial charge is 0.300 e. The molecule has 2 aromatic rings. The first kappa shape index (κ1) is 16.9. The zero-order valence-corrected chi connectivity index (χ0v) is 15.0. The Kier molecular flexibility index (Phi) is 5.11. The van der Waals surface area contributed by atoms with Gasteiger partial charge in [-0.3, -0.25) is 4.90 Å². The number of benzene rings is 1. The summed E-state index contributed by atoms with van der Waals surface area (Å²) in [5, 5.41) is 4.63. The lowest BCUT2D eigenvalue weighted by atomic mass is 10.1. The van der Waals surface area contributed by atoms with Crippen molar-refractivity contribution in [2.45, 2.75) is 39.0 Å². The number of fused-ring (bicyclic) bond motifs is 1. The van der Waals surface area contributed by atoms with Crippen LogP contribution >= 0.6 is 12.2 Å². The average Bonchev–Trinajstić information content (AvgIpc) is 3.11. The second-order valence-corrected chi connectivity index (χ2v) is 6.55. The predicted octanol–water partition coefficient (Wildman–Crippen LogP) is 4.04. The van der Waals surface area contributed by atoms with Gasteiger partial charge in [-0.1, -0.05) is 36.4 Å². The Hall–Kier alpha value is -1.98. The second-order valence-electron chi connectivity index (χ2n) is 6.18. The van der Waals surface area contributed by atoms with Crippen LogP contribution in [-0.2, 0) is 19.6 Å². The quantitative estimate of drug-likeness (QED) is 0.562. The van der Waals surface area contributed by atoms with Gasteiger partial charge in [0.15, 0.2) is 4.77 Å². The molecule has 3 rings (SSSR count). The maximum atomic E-state index is 5.60. The van der Waals surface area contributed by atoms with Gasteiger partial charge in [-0.05, 0) is 43.1 Å². The monoisotopic (exact) mass is 340 g/mol. The summed E-state index contributed by atoms with van der Waals surface area (Å²) in [5.74, 6) is 0.922. The number of hydrogen-bond donors (Lipinski definition) is 0. The van der Waals surface area contributed by atoms with E-state index in [0.29, 0.717) is 19.3 Å². The fraction of sp³-hybridized carbons (Fsp3) is 0.368. The van der Waals surface area contributed by atoms with Crippen molar-refractivity contribution in [3.8, 4) is 0 Å². The molecule has 1 atom stereocenters. The predicted molar refractivity (Wildman–Crippen MR) is 100 cm³/mol. The van der Waals surface area contributed by atoms with Crippen LogP contribution in [0.2, 0.25) is 0 Å². The first-order valence-corrected chi connectivity index (χ1v) is 8.74. The van der Waals surface area contributed by atoms with E-state index in [1.165, 1.54) is 11.1 Å². The van der Waals surface area contributed by atoms with Gasteiger partial charge < -0.3 is 4.57 Å². The van der Waals surface area contributed by atoms with Crippen LogP contribution in [0.5, 0.6) is 0 Å². The van der Waals surface area contributed by atoms with Crippen LogP contribution in [0.25, 0.3) is 0 Å². The van der Waals surface area contributed by atoms with Crippen molar-refractivity contribution < 1.29 is 0 Å². The minimum Gasteiger partial charge on any atom is -0.300 e. The summed E-state index contributed by atoms with van der Waals surface area (Å²) < 4.78 is 4.67. The number of aromatic nitrogens is 3. The van der Waals surface area contributed by atoms with E-state index >= 15 is 0 Å². The zero-order valence-electron chi connectivity index (χ0n) is 14.2. The van der Waals surface area contributed by atoms with Crippen molar-refractivity contribution in [2.24, 2.45) is 0 Å². The molecule has 0 unspecified atom stereocenters. The van der Waals surface area contributed by atoms with Crippen molar-refractivity contribution in [1.82, 2.24) is 19.2 Å². The van der Waals surface area contributed by atoms with Gasteiger partial charge in [-0.25, -0.2) is 4.68 Å². The van der Waals surface area contributed by atoms with Gasteiger partial charge in [-0.15, -0.1) is 13.2 Å². The van der Waals surface area contributed by atoms with Crippen LogP contribution in [0.15, 0.2) is 49.6 Å². The third-order valence-electron chi connectivity index (χ3n) is 4.64. The van der Waals surface area contributed by atoms with Crippen LogP contribution in [-0.4, -0.2) is 25.8 Å². The third-order valence-corrected chi connectivity index (χ3v) is 5.07. The highest BCUT2D eigenvalue weighted by Gasteiger charge is 2.27. The SMILES string of the molecule is C=CCN(Cn1nc(C)n(CC=C)c1=S)[C@H]1CCc2ccccc21. The van der Waals surface area contributed by atoms with E-state index in [-0.39, 0.29) is 0 Å². The lowest BCUT2D eigenvalue weighted by Crippen LogP contribution is -2.30. The number of allylic oxidation sites excluding steroid dienone is 1. The molecule has 126 valence electrons. The summed E-state index contributed by atoms with van der Waals surface area (Å²) in [4.78, 5) is 2.40. The molecule has 5 heteroatoms. The van der Waals surface area contributed by atoms with E-state index in [9.17, 15) is 0 Å². The molecule has 0 saturated carbocycles. The number of aryl methyl sites for hydroxylation is 2. The molecule has 0 bridgehead atoms. The molecule has 1 aliphatic rings. The molecule has 1 aromatic heterocycles. The van der Waals surface area contributed by atoms with Gasteiger partial charge in [0.2, 0.25) is 0 Å². The summed E-state index contributed by atoms with van der Waals surface area (Å²) in [7, 11) is 0. The standard InChI is InChI=1S/C19H24N4S/c1-4-12-21(18-11-10-16-8-6-7-9-17(16)18)14-23-19(24)22(13-5-2)15(3)20-23/h4-9,18H,1-2,10-14H2,3H3/t18-/m0/s1. The van der Waals surface area contributed by atoms with Gasteiger partial charge in [0.05, 0.1) is 6.67 Å². The zero-order chi connectivity index (χ0) is 17.1. The molecule has 0 N–H and O–H groups in total. The van der Waals surface area contributed by atoms with Crippen molar-refractivity contribution in [1.29, 1.82) is 0 Å². The molecular formula is C19H24N4S. The van der Waals surface area contributed by atoms with Crippen LogP contribution in [0, 0.1) is 11.7 Å². The molecule has 1 heterocycles. The van der Waals surface area contributed by atoms with E-state index in [4.69, 9.17) is 12.2 Å². The van der Waals surface area contributed by atoms with E-state index < -0.39 is 0 Å². The van der Waals surface area contributed by atoms with Crippen LogP contribution < -0.4 is 0 Å². The molecule has 4 nitrogen and oxygen atoms in total. The van der Waals surface area contributed by atoms with Gasteiger partial charge in [0.1, 0.15) is 5.82 Å². The first-order chi connectivity index (χ1) is 11.7. The molecule has 0 radical (unpaired) electrons. The third kappa shape index (κ3) is 3.14. The molecule has 0 saturated heterocycles. The van der Waals surface area contributed by atoms with Crippen LogP contribution in [0.1, 0.15) is 29.4 Å². The summed E-state index contributed by atoms with van der Waals surface area (Å²) >= 11 is 5.60. The molecule has 0 fully saturated rings. The Morgan fingerprint density at radius 2 is 2.12 bits per heavy atom. The lowest BCUT2D eigenvalue weighted by molar-refractivity contribution is 0.159.